The molecule has 0 aromatic carbocycles. The van der Waals surface area contributed by atoms with Crippen LogP contribution in [0.4, 0.5) is 0 Å². The molecule has 0 rings (SSSR count). The summed E-state index contributed by atoms with van der Waals surface area (Å²) in [4.78, 5) is 0. The molecule has 0 amide bonds. The van der Waals surface area contributed by atoms with Crippen LogP contribution in [-0.2, 0) is 17.1 Å². The molecular weight excluding hydrogens is 161 g/mol. The van der Waals surface area contributed by atoms with Gasteiger partial charge in [-0.3, -0.25) is 0 Å². The number of hydrogen-bond donors (Lipinski definition) is 0. The van der Waals surface area contributed by atoms with Gasteiger partial charge < -0.3 is 0 Å². The molecule has 0 N–H and O–H groups in total. The van der Waals surface area contributed by atoms with Gasteiger partial charge in [-0.25, -0.2) is 0 Å². The molecule has 31 valence electrons. The summed E-state index contributed by atoms with van der Waals surface area (Å²) in [5, 5.41) is 0. The van der Waals surface area contributed by atoms with Crippen molar-refractivity contribution in [3.8, 4) is 0 Å². The fourth-order valence-electron chi connectivity index (χ4n) is 0. The molecule has 4 heavy (non-hydrogen) atoms. The molecule has 0 saturated carbocycles. The smallest absolute Gasteiger partial charge is 0 e. The topological polar surface area (TPSA) is 0 Å². The molecule has 0 aromatic heterocycles. The fraction of sp³-hybridized carbons (Fsp3) is 0. The van der Waals surface area contributed by atoms with Crippen molar-refractivity contribution in [3.63, 3.8) is 0 Å². The van der Waals surface area contributed by atoms with E-state index in [1.807, 2.05) is 0 Å². The van der Waals surface area contributed by atoms with E-state index in [1.54, 1.807) is 0 Å². The summed E-state index contributed by atoms with van der Waals surface area (Å²) in [5.74, 6) is 0. The Bertz CT molecular complexity index is 3.25. The van der Waals surface area contributed by atoms with Crippen molar-refractivity contribution >= 4 is 37.2 Å². The van der Waals surface area contributed by atoms with Crippen molar-refractivity contribution in [3.05, 3.63) is 0 Å². The van der Waals surface area contributed by atoms with Gasteiger partial charge in [0.25, 0.3) is 0 Å². The van der Waals surface area contributed by atoms with Crippen molar-refractivity contribution < 1.29 is 17.1 Å². The maximum absolute atomic E-state index is 0. The third-order valence-corrected chi connectivity index (χ3v) is 0. The monoisotopic (exact) mass is 163 g/mol. The molecule has 0 aromatic rings. The van der Waals surface area contributed by atoms with Crippen LogP contribution in [0.1, 0.15) is 0 Å². The molecule has 0 aliphatic rings. The quantitative estimate of drug-likeness (QED) is 0.473. The van der Waals surface area contributed by atoms with Gasteiger partial charge in [-0.15, -0.1) is 37.2 Å². The van der Waals surface area contributed by atoms with Crippen LogP contribution in [-0.4, -0.2) is 0 Å². The predicted molar refractivity (Wildman–Crippen MR) is 21.7 cm³/mol. The summed E-state index contributed by atoms with van der Waals surface area (Å²) in [6.07, 6.45) is 0. The SMILES string of the molecule is Cl.Cl.Cl.[Mn]. The van der Waals surface area contributed by atoms with Crippen LogP contribution in [0, 0.1) is 0 Å². The average Bonchev–Trinajstić information content (AvgIpc) is 0. The summed E-state index contributed by atoms with van der Waals surface area (Å²) >= 11 is 0. The van der Waals surface area contributed by atoms with Gasteiger partial charge in [-0.1, -0.05) is 0 Å². The Labute approximate surface area is 54.4 Å². The molecule has 0 bridgehead atoms. The molecule has 0 aliphatic heterocycles. The number of rotatable bonds is 0. The van der Waals surface area contributed by atoms with Crippen LogP contribution in [0.15, 0.2) is 0 Å². The summed E-state index contributed by atoms with van der Waals surface area (Å²) in [7, 11) is 0. The van der Waals surface area contributed by atoms with E-state index < -0.39 is 0 Å². The van der Waals surface area contributed by atoms with Crippen LogP contribution in [0.5, 0.6) is 0 Å². The van der Waals surface area contributed by atoms with E-state index in [0.717, 1.165) is 0 Å². The molecule has 0 atom stereocenters. The van der Waals surface area contributed by atoms with E-state index >= 15 is 0 Å². The minimum atomic E-state index is 0. The Morgan fingerprint density at radius 3 is 0.500 bits per heavy atom. The largest absolute Gasteiger partial charge is 0.147 e. The molecule has 0 unspecified atom stereocenters. The normalized spacial score (nSPS) is 0. The zero-order valence-corrected chi connectivity index (χ0v) is 5.23. The molecule has 0 spiro atoms. The molecule has 0 heterocycles. The summed E-state index contributed by atoms with van der Waals surface area (Å²) in [6.45, 7) is 0. The maximum atomic E-state index is 0. The van der Waals surface area contributed by atoms with Crippen molar-refractivity contribution in [2.45, 2.75) is 0 Å². The number of halogens is 3. The first kappa shape index (κ1) is 53.8. The van der Waals surface area contributed by atoms with Gasteiger partial charge in [0.2, 0.25) is 0 Å². The molecular formula is H3Cl3Mn. The van der Waals surface area contributed by atoms with E-state index in [9.17, 15) is 0 Å². The van der Waals surface area contributed by atoms with Crippen LogP contribution in [0.25, 0.3) is 0 Å². The van der Waals surface area contributed by atoms with E-state index in [0.29, 0.717) is 0 Å². The number of hydrogen-bond acceptors (Lipinski definition) is 0. The van der Waals surface area contributed by atoms with Crippen LogP contribution in [0.3, 0.4) is 0 Å². The Hall–Kier alpha value is 1.39. The molecule has 0 saturated heterocycles. The Morgan fingerprint density at radius 1 is 0.500 bits per heavy atom. The molecule has 0 nitrogen and oxygen atoms in total. The summed E-state index contributed by atoms with van der Waals surface area (Å²) in [6, 6.07) is 0. The second-order valence-corrected chi connectivity index (χ2v) is 0. The minimum Gasteiger partial charge on any atom is -0.147 e. The summed E-state index contributed by atoms with van der Waals surface area (Å²) < 4.78 is 0. The van der Waals surface area contributed by atoms with Gasteiger partial charge in [0.1, 0.15) is 0 Å². The zero-order valence-electron chi connectivity index (χ0n) is 1.60. The standard InChI is InChI=1S/3ClH.Mn/h3*1H;. The Morgan fingerprint density at radius 2 is 0.500 bits per heavy atom. The first-order valence-corrected chi connectivity index (χ1v) is 0. The first-order valence-electron chi connectivity index (χ1n) is 0. The molecule has 1 radical (unpaired) electrons. The first-order chi connectivity index (χ1) is 0. The van der Waals surface area contributed by atoms with Gasteiger partial charge >= 0.3 is 0 Å². The maximum Gasteiger partial charge on any atom is 0 e. The van der Waals surface area contributed by atoms with Gasteiger partial charge in [0.05, 0.1) is 0 Å². The average molecular weight is 164 g/mol. The third kappa shape index (κ3) is 10.0. The molecule has 4 heteroatoms. The van der Waals surface area contributed by atoms with Crippen LogP contribution in [0.2, 0.25) is 0 Å². The van der Waals surface area contributed by atoms with Crippen LogP contribution >= 0.6 is 37.2 Å². The summed E-state index contributed by atoms with van der Waals surface area (Å²) in [5.41, 5.74) is 0. The van der Waals surface area contributed by atoms with Crippen molar-refractivity contribution in [2.75, 3.05) is 0 Å². The molecule has 0 fully saturated rings. The Kier molecular flexibility index (Phi) is 351. The second kappa shape index (κ2) is 26.1. The van der Waals surface area contributed by atoms with E-state index in [1.165, 1.54) is 0 Å². The Balaban J connectivity index is 0. The van der Waals surface area contributed by atoms with E-state index in [-0.39, 0.29) is 54.3 Å². The van der Waals surface area contributed by atoms with Crippen molar-refractivity contribution in [1.29, 1.82) is 0 Å². The van der Waals surface area contributed by atoms with Crippen molar-refractivity contribution in [2.24, 2.45) is 0 Å². The van der Waals surface area contributed by atoms with E-state index in [2.05, 4.69) is 0 Å². The van der Waals surface area contributed by atoms with E-state index in [4.69, 9.17) is 0 Å². The minimum absolute atomic E-state index is 0. The predicted octanol–water partition coefficient (Wildman–Crippen LogP) is 1.26. The zero-order chi connectivity index (χ0) is 0. The van der Waals surface area contributed by atoms with Crippen LogP contribution < -0.4 is 0 Å². The fourth-order valence-corrected chi connectivity index (χ4v) is 0. The van der Waals surface area contributed by atoms with Gasteiger partial charge in [-0.2, -0.15) is 0 Å². The second-order valence-electron chi connectivity index (χ2n) is 0. The van der Waals surface area contributed by atoms with Crippen molar-refractivity contribution in [1.82, 2.24) is 0 Å². The van der Waals surface area contributed by atoms with Gasteiger partial charge in [0, 0.05) is 17.1 Å². The van der Waals surface area contributed by atoms with Gasteiger partial charge in [0.15, 0.2) is 0 Å². The van der Waals surface area contributed by atoms with Gasteiger partial charge in [-0.05, 0) is 0 Å². The molecule has 0 aliphatic carbocycles. The third-order valence-electron chi connectivity index (χ3n) is 0.